The van der Waals surface area contributed by atoms with Crippen molar-refractivity contribution >= 4 is 40.7 Å². The summed E-state index contributed by atoms with van der Waals surface area (Å²) in [4.78, 5) is 30.3. The number of para-hydroxylation sites is 1. The topological polar surface area (TPSA) is 70.5 Å². The molecule has 1 aliphatic heterocycles. The van der Waals surface area contributed by atoms with E-state index in [-0.39, 0.29) is 34.8 Å². The summed E-state index contributed by atoms with van der Waals surface area (Å²) in [5, 5.41) is 12.3. The number of amides is 2. The molecule has 0 spiro atoms. The molecule has 9 heteroatoms. The molecule has 7 nitrogen and oxygen atoms in total. The molecule has 0 aliphatic carbocycles. The third-order valence-corrected chi connectivity index (χ3v) is 8.13. The lowest BCUT2D eigenvalue weighted by molar-refractivity contribution is -0.122. The van der Waals surface area contributed by atoms with Crippen molar-refractivity contribution in [3.05, 3.63) is 63.5 Å². The van der Waals surface area contributed by atoms with Crippen LogP contribution in [0.2, 0.25) is 0 Å². The van der Waals surface area contributed by atoms with Crippen LogP contribution >= 0.6 is 23.1 Å². The minimum absolute atomic E-state index is 0.0443. The second kappa shape index (κ2) is 10.8. The van der Waals surface area contributed by atoms with Crippen LogP contribution in [0.1, 0.15) is 48.4 Å². The fourth-order valence-corrected chi connectivity index (χ4v) is 6.31. The van der Waals surface area contributed by atoms with Crippen molar-refractivity contribution in [2.45, 2.75) is 38.4 Å². The second-order valence-electron chi connectivity index (χ2n) is 10.4. The van der Waals surface area contributed by atoms with Crippen LogP contribution < -0.4 is 10.2 Å². The maximum Gasteiger partial charge on any atom is 0.240 e. The molecule has 1 N–H and O–H groups in total. The van der Waals surface area contributed by atoms with Crippen LogP contribution in [-0.2, 0) is 15.0 Å². The van der Waals surface area contributed by atoms with Gasteiger partial charge in [-0.2, -0.15) is 16.4 Å². The van der Waals surface area contributed by atoms with E-state index >= 15 is 0 Å². The number of thioether (sulfide) groups is 1. The number of fused-ring (bicyclic) bond motifs is 1. The Morgan fingerprint density at radius 3 is 2.61 bits per heavy atom. The molecule has 1 atom stereocenters. The summed E-state index contributed by atoms with van der Waals surface area (Å²) in [7, 11) is 3.93. The lowest BCUT2D eigenvalue weighted by atomic mass is 9.87. The van der Waals surface area contributed by atoms with Crippen LogP contribution in [0, 0.1) is 6.92 Å². The maximum absolute atomic E-state index is 13.6. The molecule has 36 heavy (non-hydrogen) atoms. The number of nitrogens with zero attached hydrogens (tertiary/aromatic N) is 4. The van der Waals surface area contributed by atoms with Crippen molar-refractivity contribution in [3.8, 4) is 5.69 Å². The zero-order valence-corrected chi connectivity index (χ0v) is 23.5. The van der Waals surface area contributed by atoms with Gasteiger partial charge < -0.3 is 10.2 Å². The number of thiophene rings is 1. The molecule has 2 aromatic heterocycles. The maximum atomic E-state index is 13.6. The fourth-order valence-electron chi connectivity index (χ4n) is 4.35. The van der Waals surface area contributed by atoms with Gasteiger partial charge in [0.05, 0.1) is 22.4 Å². The Hall–Kier alpha value is -2.62. The minimum atomic E-state index is -0.264. The van der Waals surface area contributed by atoms with Crippen LogP contribution in [0.4, 0.5) is 5.82 Å². The number of anilines is 1. The first kappa shape index (κ1) is 26.4. The number of aryl methyl sites for hydroxylation is 1. The Morgan fingerprint density at radius 2 is 1.97 bits per heavy atom. The van der Waals surface area contributed by atoms with Crippen LogP contribution in [-0.4, -0.2) is 66.0 Å². The van der Waals surface area contributed by atoms with E-state index in [1.54, 1.807) is 28.0 Å². The highest BCUT2D eigenvalue weighted by atomic mass is 32.2. The van der Waals surface area contributed by atoms with Crippen molar-refractivity contribution in [1.29, 1.82) is 0 Å². The first-order chi connectivity index (χ1) is 17.1. The van der Waals surface area contributed by atoms with Crippen molar-refractivity contribution < 1.29 is 9.59 Å². The van der Waals surface area contributed by atoms with Gasteiger partial charge in [-0.15, -0.1) is 11.8 Å². The Balaban J connectivity index is 1.91. The average molecular weight is 526 g/mol. The Bertz CT molecular complexity index is 1230. The van der Waals surface area contributed by atoms with E-state index in [1.165, 1.54) is 0 Å². The van der Waals surface area contributed by atoms with Gasteiger partial charge in [-0.3, -0.25) is 14.5 Å². The van der Waals surface area contributed by atoms with Crippen molar-refractivity contribution in [3.63, 3.8) is 0 Å². The average Bonchev–Trinajstić information content (AvgIpc) is 3.44. The highest BCUT2D eigenvalue weighted by Gasteiger charge is 2.40. The van der Waals surface area contributed by atoms with E-state index in [0.29, 0.717) is 12.4 Å². The van der Waals surface area contributed by atoms with Gasteiger partial charge in [-0.05, 0) is 55.0 Å². The summed E-state index contributed by atoms with van der Waals surface area (Å²) in [6.07, 6.45) is 0. The fraction of sp³-hybridized carbons (Fsp3) is 0.444. The van der Waals surface area contributed by atoms with E-state index in [1.807, 2.05) is 54.9 Å². The second-order valence-corrected chi connectivity index (χ2v) is 12.3. The summed E-state index contributed by atoms with van der Waals surface area (Å²) < 4.78 is 1.89. The van der Waals surface area contributed by atoms with Crippen LogP contribution in [0.3, 0.4) is 0 Å². The summed E-state index contributed by atoms with van der Waals surface area (Å²) in [6.45, 7) is 9.71. The zero-order chi connectivity index (χ0) is 26.0. The minimum Gasteiger partial charge on any atom is -0.353 e. The van der Waals surface area contributed by atoms with Gasteiger partial charge in [-0.25, -0.2) is 4.68 Å². The number of hydrogen-bond donors (Lipinski definition) is 1. The standard InChI is InChI=1S/C27H35N5O2S2/c1-18-9-7-8-10-20(18)32-26-23(25(29-32)27(2,3)4)24(19-11-14-35-16-19)36-17-22(34)31(26)15-21(33)28-12-13-30(5)6/h7-11,14,16,24H,12-13,15,17H2,1-6H3,(H,28,33)/t24-/m0/s1. The number of hydrogen-bond acceptors (Lipinski definition) is 6. The Morgan fingerprint density at radius 1 is 1.22 bits per heavy atom. The lowest BCUT2D eigenvalue weighted by Gasteiger charge is -2.24. The molecule has 0 saturated carbocycles. The summed E-state index contributed by atoms with van der Waals surface area (Å²) in [5.74, 6) is 0.724. The number of likely N-dealkylation sites (N-methyl/N-ethyl adjacent to an activating group) is 1. The predicted octanol–water partition coefficient (Wildman–Crippen LogP) is 4.39. The predicted molar refractivity (Wildman–Crippen MR) is 150 cm³/mol. The number of aromatic nitrogens is 2. The van der Waals surface area contributed by atoms with Crippen molar-refractivity contribution in [1.82, 2.24) is 20.0 Å². The largest absolute Gasteiger partial charge is 0.353 e. The van der Waals surface area contributed by atoms with Crippen LogP contribution in [0.25, 0.3) is 5.69 Å². The molecule has 1 aliphatic rings. The number of carbonyl (C=O) groups is 2. The molecule has 192 valence electrons. The quantitative estimate of drug-likeness (QED) is 0.496. The van der Waals surface area contributed by atoms with E-state index in [0.717, 1.165) is 34.6 Å². The van der Waals surface area contributed by atoms with Crippen molar-refractivity contribution in [2.24, 2.45) is 0 Å². The third kappa shape index (κ3) is 5.53. The number of rotatable bonds is 7. The molecule has 4 rings (SSSR count). The molecular weight excluding hydrogens is 490 g/mol. The number of nitrogens with one attached hydrogen (secondary N) is 1. The molecule has 0 saturated heterocycles. The van der Waals surface area contributed by atoms with Gasteiger partial charge in [0.25, 0.3) is 0 Å². The van der Waals surface area contributed by atoms with Crippen LogP contribution in [0.5, 0.6) is 0 Å². The molecular formula is C27H35N5O2S2. The molecule has 0 bridgehead atoms. The summed E-state index contributed by atoms with van der Waals surface area (Å²) >= 11 is 3.26. The smallest absolute Gasteiger partial charge is 0.240 e. The van der Waals surface area contributed by atoms with Gasteiger partial charge >= 0.3 is 0 Å². The van der Waals surface area contributed by atoms with Gasteiger partial charge in [0.2, 0.25) is 11.8 Å². The SMILES string of the molecule is Cc1ccccc1-n1nc(C(C)(C)C)c2c1N(CC(=O)NCCN(C)C)C(=O)CS[C@H]2c1ccsc1. The molecule has 2 amide bonds. The molecule has 0 radical (unpaired) electrons. The number of benzene rings is 1. The van der Waals surface area contributed by atoms with Gasteiger partial charge in [0, 0.05) is 24.1 Å². The van der Waals surface area contributed by atoms with Crippen molar-refractivity contribution in [2.75, 3.05) is 44.4 Å². The Kier molecular flexibility index (Phi) is 7.92. The van der Waals surface area contributed by atoms with E-state index in [2.05, 4.69) is 42.9 Å². The highest BCUT2D eigenvalue weighted by molar-refractivity contribution is 8.00. The molecule has 3 aromatic rings. The molecule has 1 aromatic carbocycles. The van der Waals surface area contributed by atoms with Gasteiger partial charge in [0.1, 0.15) is 12.4 Å². The first-order valence-electron chi connectivity index (χ1n) is 12.1. The zero-order valence-electron chi connectivity index (χ0n) is 21.9. The summed E-state index contributed by atoms with van der Waals surface area (Å²) in [6, 6.07) is 10.2. The molecule has 3 heterocycles. The Labute approximate surface area is 221 Å². The van der Waals surface area contributed by atoms with Gasteiger partial charge in [0.15, 0.2) is 0 Å². The number of carbonyl (C=O) groups excluding carboxylic acids is 2. The monoisotopic (exact) mass is 525 g/mol. The van der Waals surface area contributed by atoms with E-state index < -0.39 is 0 Å². The molecule has 0 fully saturated rings. The van der Waals surface area contributed by atoms with E-state index in [4.69, 9.17) is 5.10 Å². The summed E-state index contributed by atoms with van der Waals surface area (Å²) in [5.41, 5.74) is 4.81. The highest BCUT2D eigenvalue weighted by Crippen LogP contribution is 2.48. The van der Waals surface area contributed by atoms with E-state index in [9.17, 15) is 9.59 Å². The van der Waals surface area contributed by atoms with Gasteiger partial charge in [-0.1, -0.05) is 39.0 Å². The van der Waals surface area contributed by atoms with Crippen LogP contribution in [0.15, 0.2) is 41.1 Å². The third-order valence-electron chi connectivity index (χ3n) is 6.17. The first-order valence-corrected chi connectivity index (χ1v) is 14.1. The normalized spacial score (nSPS) is 16.2. The lowest BCUT2D eigenvalue weighted by Crippen LogP contribution is -2.43. The molecule has 0 unspecified atom stereocenters.